The molecule has 0 aromatic heterocycles. The van der Waals surface area contributed by atoms with Crippen molar-refractivity contribution in [3.63, 3.8) is 0 Å². The van der Waals surface area contributed by atoms with Crippen LogP contribution in [0.3, 0.4) is 0 Å². The Morgan fingerprint density at radius 2 is 0.727 bits per heavy atom. The van der Waals surface area contributed by atoms with Gasteiger partial charge in [-0.25, -0.2) is 0 Å². The van der Waals surface area contributed by atoms with Gasteiger partial charge in [0.2, 0.25) is 0 Å². The predicted octanol–water partition coefficient (Wildman–Crippen LogP) is 13.5. The number of benzene rings is 6. The molecule has 0 spiro atoms. The molecule has 0 heterocycles. The first-order chi connectivity index (χ1) is 31.1. The Kier molecular flexibility index (Phi) is 26.0. The summed E-state index contributed by atoms with van der Waals surface area (Å²) in [7, 11) is 0. The van der Waals surface area contributed by atoms with Crippen molar-refractivity contribution in [2.75, 3.05) is 26.4 Å². The van der Waals surface area contributed by atoms with Crippen molar-refractivity contribution in [2.45, 2.75) is 92.4 Å². The van der Waals surface area contributed by atoms with Crippen molar-refractivity contribution >= 4 is 17.9 Å². The standard InChI is InChI=1S/C20H24O3.C18H20O3.C17H18O3.2CH4.H/c1-3-14-23-18-12-10-17(11-13-18)19(15-20(21)22-4-2)16-8-6-5-7-9-16;1-2-12-21-16-10-8-15(9-11-16)17(13-18(19)20)14-6-4-3-5-7-14;1-2-20-17(19)12-16(13-6-4-3-5-7-13)14-8-10-15(18)11-9-14;;;/h5-13,19H,3-4,14-15H2,1-2H3;3-11,17H,2,12-13H2,1H3,(H,19,20);3-11,16,18H,2,12H2,1H3;2*1H4;/q;;;;;-1/i;;;;;1+1. The third kappa shape index (κ3) is 19.1. The Balaban J connectivity index is 0.000000493. The number of carboxylic acid groups (broad SMARTS) is 1. The van der Waals surface area contributed by atoms with E-state index in [1.807, 2.05) is 159 Å². The van der Waals surface area contributed by atoms with Crippen LogP contribution in [0.1, 0.15) is 127 Å². The maximum Gasteiger partial charge on any atom is 0.306 e. The number of hydrogen-bond donors (Lipinski definition) is 2. The zero-order valence-electron chi connectivity index (χ0n) is 38.4. The lowest BCUT2D eigenvalue weighted by molar-refractivity contribution is -0.144. The highest BCUT2D eigenvalue weighted by atomic mass is 16.5. The molecular formula is C57H71O9-. The number of aliphatic carboxylic acids is 1. The van der Waals surface area contributed by atoms with Crippen LogP contribution in [0.4, 0.5) is 0 Å². The van der Waals surface area contributed by atoms with E-state index in [1.165, 1.54) is 0 Å². The highest BCUT2D eigenvalue weighted by molar-refractivity contribution is 5.72. The normalized spacial score (nSPS) is 11.5. The summed E-state index contributed by atoms with van der Waals surface area (Å²) in [5.41, 5.74) is 6.26. The van der Waals surface area contributed by atoms with Crippen LogP contribution in [0.25, 0.3) is 0 Å². The van der Waals surface area contributed by atoms with Crippen molar-refractivity contribution in [1.82, 2.24) is 0 Å². The topological polar surface area (TPSA) is 129 Å². The largest absolute Gasteiger partial charge is 1.00 e. The third-order valence-electron chi connectivity index (χ3n) is 10.1. The fraction of sp³-hybridized carbons (Fsp3) is 0.316. The second kappa shape index (κ2) is 31.1. The summed E-state index contributed by atoms with van der Waals surface area (Å²) < 4.78 is 21.4. The van der Waals surface area contributed by atoms with E-state index < -0.39 is 5.97 Å². The molecule has 9 heteroatoms. The van der Waals surface area contributed by atoms with E-state index in [0.29, 0.717) is 39.3 Å². The van der Waals surface area contributed by atoms with Crippen LogP contribution in [0.2, 0.25) is 0 Å². The van der Waals surface area contributed by atoms with Gasteiger partial charge >= 0.3 is 17.9 Å². The maximum atomic E-state index is 12.0. The molecule has 0 saturated carbocycles. The number of carboxylic acids is 1. The van der Waals surface area contributed by atoms with Gasteiger partial charge in [-0.2, -0.15) is 0 Å². The van der Waals surface area contributed by atoms with Crippen molar-refractivity contribution < 1.29 is 45.0 Å². The lowest BCUT2D eigenvalue weighted by atomic mass is 9.88. The van der Waals surface area contributed by atoms with Gasteiger partial charge in [-0.05, 0) is 96.5 Å². The lowest BCUT2D eigenvalue weighted by Crippen LogP contribution is -2.11. The summed E-state index contributed by atoms with van der Waals surface area (Å²) in [4.78, 5) is 34.9. The summed E-state index contributed by atoms with van der Waals surface area (Å²) in [5.74, 6) is 0.519. The highest BCUT2D eigenvalue weighted by Gasteiger charge is 2.21. The number of esters is 2. The fourth-order valence-corrected chi connectivity index (χ4v) is 7.03. The van der Waals surface area contributed by atoms with E-state index >= 15 is 0 Å². The molecule has 0 aliphatic rings. The molecule has 0 radical (unpaired) electrons. The number of carbonyl (C=O) groups is 3. The summed E-state index contributed by atoms with van der Waals surface area (Å²) >= 11 is 0. The Hall–Kier alpha value is -6.87. The molecule has 66 heavy (non-hydrogen) atoms. The van der Waals surface area contributed by atoms with Crippen LogP contribution >= 0.6 is 0 Å². The van der Waals surface area contributed by atoms with E-state index in [-0.39, 0.29) is 58.1 Å². The molecule has 9 nitrogen and oxygen atoms in total. The molecule has 0 aliphatic carbocycles. The van der Waals surface area contributed by atoms with Crippen molar-refractivity contribution in [2.24, 2.45) is 0 Å². The monoisotopic (exact) mass is 901 g/mol. The molecule has 354 valence electrons. The molecule has 0 amide bonds. The van der Waals surface area contributed by atoms with Gasteiger partial charge in [0.05, 0.1) is 45.7 Å². The first-order valence-electron chi connectivity index (χ1n) is 22.1. The van der Waals surface area contributed by atoms with Crippen LogP contribution in [-0.2, 0) is 23.9 Å². The molecular weight excluding hydrogens is 829 g/mol. The van der Waals surface area contributed by atoms with Crippen molar-refractivity contribution in [3.8, 4) is 17.2 Å². The highest BCUT2D eigenvalue weighted by Crippen LogP contribution is 2.32. The van der Waals surface area contributed by atoms with Crippen LogP contribution < -0.4 is 9.47 Å². The molecule has 3 atom stereocenters. The molecule has 0 bridgehead atoms. The molecule has 0 aliphatic heterocycles. The lowest BCUT2D eigenvalue weighted by Gasteiger charge is -2.18. The number of rotatable bonds is 20. The first-order valence-corrected chi connectivity index (χ1v) is 22.1. The van der Waals surface area contributed by atoms with Gasteiger partial charge in [0, 0.05) is 17.8 Å². The zero-order chi connectivity index (χ0) is 45.9. The molecule has 3 unspecified atom stereocenters. The number of hydrogen-bond acceptors (Lipinski definition) is 8. The second-order valence-electron chi connectivity index (χ2n) is 14.9. The minimum atomic E-state index is -0.796. The van der Waals surface area contributed by atoms with E-state index in [4.69, 9.17) is 24.1 Å². The third-order valence-corrected chi connectivity index (χ3v) is 10.1. The van der Waals surface area contributed by atoms with Crippen molar-refractivity contribution in [1.29, 1.82) is 0 Å². The smallest absolute Gasteiger partial charge is 0.306 e. The van der Waals surface area contributed by atoms with Gasteiger partial charge in [-0.3, -0.25) is 14.4 Å². The first kappa shape index (κ1) is 55.3. The summed E-state index contributed by atoms with van der Waals surface area (Å²) in [6.07, 6.45) is 2.67. The maximum absolute atomic E-state index is 12.0. The minimum absolute atomic E-state index is 0. The van der Waals surface area contributed by atoms with Gasteiger partial charge < -0.3 is 30.6 Å². The Labute approximate surface area is 394 Å². The van der Waals surface area contributed by atoms with Gasteiger partial charge in [-0.1, -0.05) is 156 Å². The molecule has 0 saturated heterocycles. The Bertz CT molecular complexity index is 2220. The van der Waals surface area contributed by atoms with Crippen molar-refractivity contribution in [3.05, 3.63) is 197 Å². The van der Waals surface area contributed by atoms with Crippen LogP contribution in [0.5, 0.6) is 17.2 Å². The summed E-state index contributed by atoms with van der Waals surface area (Å²) in [6.45, 7) is 9.97. The molecule has 6 aromatic carbocycles. The number of phenols is 1. The SMILES string of the molecule is C.C.CCCOc1ccc(C(CC(=O)O)c2ccccc2)cc1.CCCOc1ccc(C(CC(=O)OCC)c2ccccc2)cc1.CCOC(=O)CC(c1ccccc1)c1ccc(O)cc1.[2H-]. The summed E-state index contributed by atoms with van der Waals surface area (Å²) in [6, 6.07) is 52.3. The number of ether oxygens (including phenoxy) is 4. The van der Waals surface area contributed by atoms with E-state index in [0.717, 1.165) is 57.7 Å². The molecule has 2 N–H and O–H groups in total. The van der Waals surface area contributed by atoms with Crippen LogP contribution in [-0.4, -0.2) is 54.5 Å². The van der Waals surface area contributed by atoms with Crippen LogP contribution in [0, 0.1) is 0 Å². The number of aromatic hydroxyl groups is 1. The molecule has 6 aromatic rings. The van der Waals surface area contributed by atoms with Gasteiger partial charge in [-0.15, -0.1) is 0 Å². The molecule has 0 fully saturated rings. The average molecular weight is 901 g/mol. The zero-order valence-corrected chi connectivity index (χ0v) is 37.4. The number of carbonyl (C=O) groups excluding carboxylic acids is 2. The molecule has 6 rings (SSSR count). The quantitative estimate of drug-likeness (QED) is 0.0720. The van der Waals surface area contributed by atoms with E-state index in [2.05, 4.69) is 13.8 Å². The summed E-state index contributed by atoms with van der Waals surface area (Å²) in [5, 5.41) is 18.5. The second-order valence-corrected chi connectivity index (χ2v) is 14.9. The Morgan fingerprint density at radius 1 is 0.439 bits per heavy atom. The number of phenolic OH excluding ortho intramolecular Hbond substituents is 1. The van der Waals surface area contributed by atoms with E-state index in [9.17, 15) is 19.5 Å². The van der Waals surface area contributed by atoms with Gasteiger partial charge in [0.25, 0.3) is 0 Å². The minimum Gasteiger partial charge on any atom is -1.00 e. The average Bonchev–Trinajstić information content (AvgIpc) is 3.32. The Morgan fingerprint density at radius 3 is 1.02 bits per heavy atom. The predicted molar refractivity (Wildman–Crippen MR) is 267 cm³/mol. The van der Waals surface area contributed by atoms with Crippen LogP contribution in [0.15, 0.2) is 164 Å². The fourth-order valence-electron chi connectivity index (χ4n) is 7.03. The van der Waals surface area contributed by atoms with E-state index in [1.54, 1.807) is 19.1 Å². The van der Waals surface area contributed by atoms with Gasteiger partial charge in [0.15, 0.2) is 0 Å². The van der Waals surface area contributed by atoms with Gasteiger partial charge in [0.1, 0.15) is 17.2 Å².